The normalized spacial score (nSPS) is 20.4. The zero-order chi connectivity index (χ0) is 14.6. The van der Waals surface area contributed by atoms with Crippen molar-refractivity contribution in [1.29, 1.82) is 0 Å². The topological polar surface area (TPSA) is 59.9 Å². The highest BCUT2D eigenvalue weighted by molar-refractivity contribution is 7.54. The highest BCUT2D eigenvalue weighted by Crippen LogP contribution is 2.51. The summed E-state index contributed by atoms with van der Waals surface area (Å²) in [6, 6.07) is 7.88. The van der Waals surface area contributed by atoms with E-state index in [4.69, 9.17) is 9.05 Å². The van der Waals surface area contributed by atoms with Crippen LogP contribution in [0.5, 0.6) is 0 Å². The summed E-state index contributed by atoms with van der Waals surface area (Å²) < 4.78 is 22.7. The molecule has 20 heavy (non-hydrogen) atoms. The van der Waals surface area contributed by atoms with Gasteiger partial charge in [-0.2, -0.15) is 0 Å². The van der Waals surface area contributed by atoms with Crippen molar-refractivity contribution < 1.29 is 13.6 Å². The minimum atomic E-state index is -3.25. The molecule has 1 unspecified atom stereocenters. The molecule has 0 bridgehead atoms. The molecule has 0 aliphatic carbocycles. The first kappa shape index (κ1) is 15.0. The monoisotopic (exact) mass is 294 g/mol. The zero-order valence-electron chi connectivity index (χ0n) is 11.9. The van der Waals surface area contributed by atoms with Crippen LogP contribution in [0.2, 0.25) is 0 Å². The van der Waals surface area contributed by atoms with Crippen molar-refractivity contribution in [3.05, 3.63) is 41.5 Å². The van der Waals surface area contributed by atoms with Crippen molar-refractivity contribution in [3.8, 4) is 0 Å². The summed E-state index contributed by atoms with van der Waals surface area (Å²) in [5.74, 6) is 0.141. The van der Waals surface area contributed by atoms with E-state index < -0.39 is 13.4 Å². The Morgan fingerprint density at radius 2 is 2.00 bits per heavy atom. The van der Waals surface area contributed by atoms with Gasteiger partial charge in [0.05, 0.1) is 0 Å². The molecule has 1 aromatic carbocycles. The fraction of sp³-hybridized carbons (Fsp3) is 0.357. The molecule has 108 valence electrons. The molecule has 0 saturated carbocycles. The van der Waals surface area contributed by atoms with Crippen molar-refractivity contribution in [1.82, 2.24) is 5.32 Å². The van der Waals surface area contributed by atoms with Gasteiger partial charge in [-0.3, -0.25) is 9.56 Å². The van der Waals surface area contributed by atoms with Gasteiger partial charge in [0, 0.05) is 26.3 Å². The van der Waals surface area contributed by atoms with Crippen LogP contribution in [0.3, 0.4) is 0 Å². The maximum atomic E-state index is 12.5. The molecule has 6 heteroatoms. The summed E-state index contributed by atoms with van der Waals surface area (Å²) >= 11 is 0. The van der Waals surface area contributed by atoms with Crippen LogP contribution in [0.25, 0.3) is 6.08 Å². The number of rotatable bonds is 4. The van der Waals surface area contributed by atoms with Gasteiger partial charge in [0.15, 0.2) is 0 Å². The Bertz CT molecular complexity index is 576. The Morgan fingerprint density at radius 1 is 1.30 bits per heavy atom. The molecule has 1 N–H and O–H groups in total. The molecule has 0 fully saturated rings. The quantitative estimate of drug-likeness (QED) is 0.867. The Balaban J connectivity index is 2.46. The molecule has 1 aromatic rings. The average molecular weight is 294 g/mol. The van der Waals surface area contributed by atoms with Gasteiger partial charge >= 0.3 is 7.60 Å². The van der Waals surface area contributed by atoms with E-state index in [2.05, 4.69) is 10.3 Å². The van der Waals surface area contributed by atoms with E-state index in [0.29, 0.717) is 12.4 Å². The molecule has 1 atom stereocenters. The second kappa shape index (κ2) is 6.35. The molecule has 0 amide bonds. The van der Waals surface area contributed by atoms with E-state index in [1.807, 2.05) is 37.3 Å². The van der Waals surface area contributed by atoms with Crippen LogP contribution in [-0.4, -0.2) is 32.4 Å². The lowest BCUT2D eigenvalue weighted by Crippen LogP contribution is -2.34. The van der Waals surface area contributed by atoms with Crippen LogP contribution in [-0.2, 0) is 13.6 Å². The molecule has 0 saturated heterocycles. The highest BCUT2D eigenvalue weighted by Gasteiger charge is 2.34. The maximum Gasteiger partial charge on any atom is 0.356 e. The van der Waals surface area contributed by atoms with E-state index in [0.717, 1.165) is 11.1 Å². The number of fused-ring (bicyclic) bond motifs is 1. The number of nitrogens with one attached hydrogen (secondary N) is 1. The molecule has 0 radical (unpaired) electrons. The molecule has 1 aliphatic heterocycles. The van der Waals surface area contributed by atoms with Crippen LogP contribution >= 0.6 is 7.60 Å². The second-order valence-electron chi connectivity index (χ2n) is 4.26. The van der Waals surface area contributed by atoms with Crippen molar-refractivity contribution in [2.45, 2.75) is 12.7 Å². The molecule has 2 rings (SSSR count). The van der Waals surface area contributed by atoms with Gasteiger partial charge in [-0.1, -0.05) is 30.3 Å². The highest BCUT2D eigenvalue weighted by atomic mass is 31.2. The third-order valence-corrected chi connectivity index (χ3v) is 5.12. The standard InChI is InChI=1S/C14H19N2O3P/c1-4-15-14-12-8-6-5-7-11(12)9-10-13(16-14)20(17,18-2)19-3/h5-10,13H,4H2,1-3H3,(H,15,16). The first-order chi connectivity index (χ1) is 9.64. The minimum absolute atomic E-state index is 0.560. The van der Waals surface area contributed by atoms with Gasteiger partial charge in [0.25, 0.3) is 0 Å². The Kier molecular flexibility index (Phi) is 4.76. The van der Waals surface area contributed by atoms with Crippen molar-refractivity contribution in [2.75, 3.05) is 20.8 Å². The molecule has 0 spiro atoms. The predicted molar refractivity (Wildman–Crippen MR) is 81.1 cm³/mol. The van der Waals surface area contributed by atoms with Crippen LogP contribution in [0.15, 0.2) is 35.3 Å². The van der Waals surface area contributed by atoms with E-state index in [9.17, 15) is 4.57 Å². The largest absolute Gasteiger partial charge is 0.356 e. The summed E-state index contributed by atoms with van der Waals surface area (Å²) in [6.45, 7) is 2.59. The lowest BCUT2D eigenvalue weighted by molar-refractivity contribution is 0.268. The summed E-state index contributed by atoms with van der Waals surface area (Å²) in [4.78, 5) is 4.45. The molecular formula is C14H19N2O3P. The van der Waals surface area contributed by atoms with Crippen molar-refractivity contribution in [2.24, 2.45) is 4.99 Å². The number of aliphatic imine (C=N–C) groups is 1. The van der Waals surface area contributed by atoms with Gasteiger partial charge < -0.3 is 14.4 Å². The smallest absolute Gasteiger partial charge is 0.353 e. The number of hydrogen-bond donors (Lipinski definition) is 1. The molecule has 0 aromatic heterocycles. The van der Waals surface area contributed by atoms with Crippen LogP contribution in [0, 0.1) is 0 Å². The Hall–Kier alpha value is -1.42. The summed E-state index contributed by atoms with van der Waals surface area (Å²) in [5, 5.41) is 3.17. The second-order valence-corrected chi connectivity index (χ2v) is 6.63. The van der Waals surface area contributed by atoms with E-state index in [-0.39, 0.29) is 0 Å². The van der Waals surface area contributed by atoms with Gasteiger partial charge in [-0.05, 0) is 18.6 Å². The third-order valence-electron chi connectivity index (χ3n) is 3.12. The molecule has 5 nitrogen and oxygen atoms in total. The van der Waals surface area contributed by atoms with E-state index in [1.54, 1.807) is 6.08 Å². The first-order valence-electron chi connectivity index (χ1n) is 6.44. The van der Waals surface area contributed by atoms with Gasteiger partial charge in [-0.15, -0.1) is 0 Å². The summed E-state index contributed by atoms with van der Waals surface area (Å²) in [5.41, 5.74) is 2.00. The Morgan fingerprint density at radius 3 is 2.65 bits per heavy atom. The number of benzene rings is 1. The fourth-order valence-electron chi connectivity index (χ4n) is 2.09. The zero-order valence-corrected chi connectivity index (χ0v) is 12.8. The first-order valence-corrected chi connectivity index (χ1v) is 8.05. The lowest BCUT2D eigenvalue weighted by Gasteiger charge is -2.23. The third kappa shape index (κ3) is 2.85. The Labute approximate surface area is 119 Å². The molecule has 1 heterocycles. The van der Waals surface area contributed by atoms with Gasteiger partial charge in [0.2, 0.25) is 0 Å². The summed E-state index contributed by atoms with van der Waals surface area (Å²) in [7, 11) is -0.486. The van der Waals surface area contributed by atoms with Crippen molar-refractivity contribution >= 4 is 19.5 Å². The predicted octanol–water partition coefficient (Wildman–Crippen LogP) is 2.88. The molecule has 1 aliphatic rings. The minimum Gasteiger partial charge on any atom is -0.353 e. The van der Waals surface area contributed by atoms with Gasteiger partial charge in [-0.25, -0.2) is 0 Å². The van der Waals surface area contributed by atoms with Crippen LogP contribution < -0.4 is 5.32 Å². The number of hydrogen-bond acceptors (Lipinski definition) is 4. The van der Waals surface area contributed by atoms with Crippen LogP contribution in [0.1, 0.15) is 18.1 Å². The molecular weight excluding hydrogens is 275 g/mol. The number of nitrogens with zero attached hydrogens (tertiary/aromatic N) is 1. The fourth-order valence-corrected chi connectivity index (χ4v) is 3.27. The van der Waals surface area contributed by atoms with E-state index in [1.165, 1.54) is 14.2 Å². The van der Waals surface area contributed by atoms with Gasteiger partial charge in [0.1, 0.15) is 11.6 Å². The SMILES string of the molecule is CCN=C1NC(P(=O)(OC)OC)C=Cc2ccccc21. The summed E-state index contributed by atoms with van der Waals surface area (Å²) in [6.07, 6.45) is 3.71. The lowest BCUT2D eigenvalue weighted by atomic mass is 10.1. The average Bonchev–Trinajstić information content (AvgIpc) is 2.67. The maximum absolute atomic E-state index is 12.5. The van der Waals surface area contributed by atoms with Crippen molar-refractivity contribution in [3.63, 3.8) is 0 Å². The van der Waals surface area contributed by atoms with Crippen LogP contribution in [0.4, 0.5) is 0 Å². The van der Waals surface area contributed by atoms with E-state index >= 15 is 0 Å². The number of amidine groups is 1.